The maximum absolute atomic E-state index is 14.5. The minimum Gasteiger partial charge on any atom is -0.256 e. The van der Waals surface area contributed by atoms with E-state index in [1.165, 1.54) is 0 Å². The van der Waals surface area contributed by atoms with Gasteiger partial charge in [-0.2, -0.15) is 13.2 Å². The molecule has 0 fully saturated rings. The number of pyridine rings is 1. The van der Waals surface area contributed by atoms with Gasteiger partial charge in [-0.3, -0.25) is 4.98 Å². The van der Waals surface area contributed by atoms with E-state index in [0.717, 1.165) is 50.4 Å². The fourth-order valence-corrected chi connectivity index (χ4v) is 5.53. The second kappa shape index (κ2) is 10.6. The van der Waals surface area contributed by atoms with Crippen LogP contribution in [0.1, 0.15) is 31.9 Å². The van der Waals surface area contributed by atoms with Crippen LogP contribution in [0.3, 0.4) is 0 Å². The first-order valence-corrected chi connectivity index (χ1v) is 14.0. The molecule has 4 heteroatoms. The topological polar surface area (TPSA) is 12.9 Å². The van der Waals surface area contributed by atoms with Crippen molar-refractivity contribution in [3.63, 3.8) is 0 Å². The molecule has 6 rings (SSSR count). The first-order valence-electron chi connectivity index (χ1n) is 14.0. The second-order valence-corrected chi connectivity index (χ2v) is 11.6. The summed E-state index contributed by atoms with van der Waals surface area (Å²) in [5.41, 5.74) is 5.64. The summed E-state index contributed by atoms with van der Waals surface area (Å²) in [6, 6.07) is 39.0. The predicted octanol–water partition coefficient (Wildman–Crippen LogP) is 11.2. The van der Waals surface area contributed by atoms with Gasteiger partial charge in [0.05, 0.1) is 11.3 Å². The number of hydrogen-bond donors (Lipinski definition) is 0. The van der Waals surface area contributed by atoms with Crippen molar-refractivity contribution < 1.29 is 13.2 Å². The quantitative estimate of drug-likeness (QED) is 0.210. The molecule has 42 heavy (non-hydrogen) atoms. The van der Waals surface area contributed by atoms with Crippen LogP contribution in [0.2, 0.25) is 0 Å². The SMILES string of the molecule is CC(C)(C)c1cc(-c2cc(-c3cc(-c4ccccc4)cc(-c4ccccc4)c3)c(C(F)(F)F)cn2)cc2ccccc12. The van der Waals surface area contributed by atoms with Gasteiger partial charge in [0, 0.05) is 11.8 Å². The lowest BCUT2D eigenvalue weighted by Gasteiger charge is -2.23. The molecule has 0 aliphatic carbocycles. The predicted molar refractivity (Wildman–Crippen MR) is 167 cm³/mol. The van der Waals surface area contributed by atoms with Crippen LogP contribution in [0.5, 0.6) is 0 Å². The van der Waals surface area contributed by atoms with Gasteiger partial charge in [-0.25, -0.2) is 0 Å². The van der Waals surface area contributed by atoms with E-state index in [1.807, 2.05) is 103 Å². The van der Waals surface area contributed by atoms with Crippen molar-refractivity contribution in [3.05, 3.63) is 139 Å². The van der Waals surface area contributed by atoms with Crippen molar-refractivity contribution in [1.29, 1.82) is 0 Å². The molecule has 6 aromatic rings. The summed E-state index contributed by atoms with van der Waals surface area (Å²) in [4.78, 5) is 4.37. The molecule has 0 saturated heterocycles. The van der Waals surface area contributed by atoms with Gasteiger partial charge in [0.2, 0.25) is 0 Å². The number of rotatable bonds is 4. The number of hydrogen-bond acceptors (Lipinski definition) is 1. The first-order chi connectivity index (χ1) is 20.1. The van der Waals surface area contributed by atoms with Crippen LogP contribution in [0.15, 0.2) is 128 Å². The molecular formula is C38H30F3N. The van der Waals surface area contributed by atoms with Crippen LogP contribution >= 0.6 is 0 Å². The molecule has 0 aliphatic heterocycles. The van der Waals surface area contributed by atoms with Crippen LogP contribution in [0, 0.1) is 0 Å². The first kappa shape index (κ1) is 27.5. The summed E-state index contributed by atoms with van der Waals surface area (Å²) >= 11 is 0. The minimum absolute atomic E-state index is 0.105. The largest absolute Gasteiger partial charge is 0.418 e. The van der Waals surface area contributed by atoms with E-state index in [1.54, 1.807) is 6.07 Å². The highest BCUT2D eigenvalue weighted by Gasteiger charge is 2.35. The maximum atomic E-state index is 14.5. The van der Waals surface area contributed by atoms with Gasteiger partial charge < -0.3 is 0 Å². The fourth-order valence-electron chi connectivity index (χ4n) is 5.53. The monoisotopic (exact) mass is 557 g/mol. The summed E-state index contributed by atoms with van der Waals surface area (Å²) in [5, 5.41) is 2.16. The lowest BCUT2D eigenvalue weighted by atomic mass is 9.82. The molecule has 0 bridgehead atoms. The zero-order chi connectivity index (χ0) is 29.5. The van der Waals surface area contributed by atoms with E-state index in [2.05, 4.69) is 37.9 Å². The van der Waals surface area contributed by atoms with Gasteiger partial charge in [-0.1, -0.05) is 106 Å². The van der Waals surface area contributed by atoms with E-state index in [0.29, 0.717) is 11.3 Å². The van der Waals surface area contributed by atoms with Crippen molar-refractivity contribution >= 4 is 10.8 Å². The lowest BCUT2D eigenvalue weighted by Crippen LogP contribution is -2.12. The number of benzene rings is 5. The lowest BCUT2D eigenvalue weighted by molar-refractivity contribution is -0.137. The van der Waals surface area contributed by atoms with Crippen LogP contribution in [-0.4, -0.2) is 4.98 Å². The zero-order valence-electron chi connectivity index (χ0n) is 23.7. The Morgan fingerprint density at radius 2 is 1.05 bits per heavy atom. The smallest absolute Gasteiger partial charge is 0.256 e. The van der Waals surface area contributed by atoms with Gasteiger partial charge in [0.25, 0.3) is 0 Å². The Hall–Kier alpha value is -4.70. The van der Waals surface area contributed by atoms with Crippen molar-refractivity contribution in [1.82, 2.24) is 4.98 Å². The summed E-state index contributed by atoms with van der Waals surface area (Å²) in [6.45, 7) is 6.43. The van der Waals surface area contributed by atoms with E-state index < -0.39 is 11.7 Å². The fraction of sp³-hybridized carbons (Fsp3) is 0.132. The van der Waals surface area contributed by atoms with Gasteiger partial charge in [-0.05, 0) is 91.5 Å². The van der Waals surface area contributed by atoms with Crippen molar-refractivity contribution in [2.45, 2.75) is 32.4 Å². The molecule has 0 atom stereocenters. The normalized spacial score (nSPS) is 12.0. The van der Waals surface area contributed by atoms with Crippen LogP contribution in [-0.2, 0) is 11.6 Å². The number of nitrogens with zero attached hydrogens (tertiary/aromatic N) is 1. The average Bonchev–Trinajstić information content (AvgIpc) is 3.00. The maximum Gasteiger partial charge on any atom is 0.418 e. The molecule has 0 radical (unpaired) electrons. The molecule has 0 unspecified atom stereocenters. The van der Waals surface area contributed by atoms with E-state index >= 15 is 0 Å². The molecule has 1 aromatic heterocycles. The van der Waals surface area contributed by atoms with Crippen LogP contribution in [0.4, 0.5) is 13.2 Å². The summed E-state index contributed by atoms with van der Waals surface area (Å²) in [7, 11) is 0. The minimum atomic E-state index is -4.57. The Balaban J connectivity index is 1.61. The van der Waals surface area contributed by atoms with Gasteiger partial charge in [0.1, 0.15) is 0 Å². The Labute approximate surface area is 244 Å². The summed E-state index contributed by atoms with van der Waals surface area (Å²) in [5.74, 6) is 0. The molecule has 0 aliphatic rings. The van der Waals surface area contributed by atoms with Gasteiger partial charge in [-0.15, -0.1) is 0 Å². The third-order valence-corrected chi connectivity index (χ3v) is 7.63. The van der Waals surface area contributed by atoms with Gasteiger partial charge >= 0.3 is 6.18 Å². The molecule has 0 N–H and O–H groups in total. The molecule has 0 saturated carbocycles. The Kier molecular flexibility index (Phi) is 6.94. The van der Waals surface area contributed by atoms with Gasteiger partial charge in [0.15, 0.2) is 0 Å². The highest BCUT2D eigenvalue weighted by atomic mass is 19.4. The Morgan fingerprint density at radius 3 is 1.62 bits per heavy atom. The molecule has 0 spiro atoms. The Bertz CT molecular complexity index is 1820. The third-order valence-electron chi connectivity index (χ3n) is 7.63. The van der Waals surface area contributed by atoms with Crippen molar-refractivity contribution in [2.24, 2.45) is 0 Å². The van der Waals surface area contributed by atoms with Crippen LogP contribution in [0.25, 0.3) is 55.4 Å². The number of fused-ring (bicyclic) bond motifs is 1. The molecule has 5 aromatic carbocycles. The third kappa shape index (κ3) is 5.45. The van der Waals surface area contributed by atoms with Crippen molar-refractivity contribution in [3.8, 4) is 44.6 Å². The average molecular weight is 558 g/mol. The van der Waals surface area contributed by atoms with Crippen LogP contribution < -0.4 is 0 Å². The highest BCUT2D eigenvalue weighted by Crippen LogP contribution is 2.42. The zero-order valence-corrected chi connectivity index (χ0v) is 23.7. The Morgan fingerprint density at radius 1 is 0.500 bits per heavy atom. The van der Waals surface area contributed by atoms with E-state index in [4.69, 9.17) is 0 Å². The summed E-state index contributed by atoms with van der Waals surface area (Å²) < 4.78 is 43.5. The highest BCUT2D eigenvalue weighted by molar-refractivity contribution is 5.91. The molecule has 1 nitrogen and oxygen atoms in total. The standard InChI is InChI=1S/C38H30F3N/c1-37(2,3)34-22-31(18-27-16-10-11-17-32(27)34)36-23-33(35(24-42-36)38(39,40)41)30-20-28(25-12-6-4-7-13-25)19-29(21-30)26-14-8-5-9-15-26/h4-24H,1-3H3. The molecule has 0 amide bonds. The van der Waals surface area contributed by atoms with E-state index in [9.17, 15) is 13.2 Å². The number of halogens is 3. The van der Waals surface area contributed by atoms with E-state index in [-0.39, 0.29) is 11.0 Å². The number of alkyl halides is 3. The summed E-state index contributed by atoms with van der Waals surface area (Å²) in [6.07, 6.45) is -3.59. The second-order valence-electron chi connectivity index (χ2n) is 11.6. The number of aromatic nitrogens is 1. The van der Waals surface area contributed by atoms with Crippen molar-refractivity contribution in [2.75, 3.05) is 0 Å². The molecule has 208 valence electrons. The molecule has 1 heterocycles. The molecular weight excluding hydrogens is 527 g/mol.